The summed E-state index contributed by atoms with van der Waals surface area (Å²) in [6.45, 7) is 6.03. The number of nitrogens with one attached hydrogen (secondary N) is 1. The van der Waals surface area contributed by atoms with E-state index in [4.69, 9.17) is 0 Å². The molecule has 0 atom stereocenters. The number of halogens is 1. The maximum absolute atomic E-state index is 12.1. The number of hydrogen-bond donors (Lipinski definition) is 1. The van der Waals surface area contributed by atoms with Crippen LogP contribution in [0, 0.1) is 6.92 Å². The molecule has 0 radical (unpaired) electrons. The monoisotopic (exact) mass is 364 g/mol. The molecule has 2 rings (SSSR count). The van der Waals surface area contributed by atoms with Crippen LogP contribution in [-0.4, -0.2) is 34.2 Å². The van der Waals surface area contributed by atoms with E-state index >= 15 is 0 Å². The number of carbonyl (C=O) groups is 1. The zero-order valence-corrected chi connectivity index (χ0v) is 14.7. The standard InChI is InChI=1S/C16H21BrN4O/c1-4-21-12(2)13(9-18-21)10-20(3)11-16(22)19-15-7-5-14(17)6-8-15/h5-9H,4,10-11H2,1-3H3,(H,19,22). The molecular weight excluding hydrogens is 344 g/mol. The summed E-state index contributed by atoms with van der Waals surface area (Å²) in [6.07, 6.45) is 1.88. The van der Waals surface area contributed by atoms with Crippen molar-refractivity contribution in [2.24, 2.45) is 0 Å². The van der Waals surface area contributed by atoms with E-state index in [1.807, 2.05) is 47.1 Å². The molecule has 1 N–H and O–H groups in total. The fourth-order valence-electron chi connectivity index (χ4n) is 2.28. The number of rotatable bonds is 6. The number of aromatic nitrogens is 2. The maximum Gasteiger partial charge on any atom is 0.238 e. The summed E-state index contributed by atoms with van der Waals surface area (Å²) in [5.41, 5.74) is 3.11. The normalized spacial score (nSPS) is 11.0. The van der Waals surface area contributed by atoms with Crippen LogP contribution in [0.5, 0.6) is 0 Å². The van der Waals surface area contributed by atoms with Crippen molar-refractivity contribution >= 4 is 27.5 Å². The predicted octanol–water partition coefficient (Wildman–Crippen LogP) is 3.04. The molecule has 1 aromatic heterocycles. The van der Waals surface area contributed by atoms with E-state index in [2.05, 4.69) is 40.2 Å². The van der Waals surface area contributed by atoms with E-state index in [0.717, 1.165) is 28.0 Å². The molecule has 0 saturated heterocycles. The van der Waals surface area contributed by atoms with Crippen LogP contribution in [0.25, 0.3) is 0 Å². The zero-order chi connectivity index (χ0) is 16.1. The van der Waals surface area contributed by atoms with Gasteiger partial charge in [-0.15, -0.1) is 0 Å². The highest BCUT2D eigenvalue weighted by molar-refractivity contribution is 9.10. The van der Waals surface area contributed by atoms with E-state index in [-0.39, 0.29) is 5.91 Å². The van der Waals surface area contributed by atoms with Gasteiger partial charge < -0.3 is 5.32 Å². The summed E-state index contributed by atoms with van der Waals surface area (Å²) in [5.74, 6) is -0.0228. The molecule has 0 aliphatic heterocycles. The molecule has 5 nitrogen and oxygen atoms in total. The number of hydrogen-bond acceptors (Lipinski definition) is 3. The molecule has 2 aromatic rings. The second kappa shape index (κ2) is 7.56. The predicted molar refractivity (Wildman–Crippen MR) is 91.7 cm³/mol. The Kier molecular flexibility index (Phi) is 5.74. The van der Waals surface area contributed by atoms with Crippen LogP contribution in [0.15, 0.2) is 34.9 Å². The van der Waals surface area contributed by atoms with Crippen molar-refractivity contribution < 1.29 is 4.79 Å². The first-order valence-electron chi connectivity index (χ1n) is 7.25. The first-order valence-corrected chi connectivity index (χ1v) is 8.04. The van der Waals surface area contributed by atoms with E-state index in [9.17, 15) is 4.79 Å². The molecule has 0 aliphatic carbocycles. The van der Waals surface area contributed by atoms with Gasteiger partial charge in [0.15, 0.2) is 0 Å². The molecule has 0 spiro atoms. The van der Waals surface area contributed by atoms with Gasteiger partial charge in [0.1, 0.15) is 0 Å². The quantitative estimate of drug-likeness (QED) is 0.856. The molecule has 0 unspecified atom stereocenters. The molecule has 1 amide bonds. The van der Waals surface area contributed by atoms with Crippen molar-refractivity contribution in [2.45, 2.75) is 26.9 Å². The van der Waals surface area contributed by atoms with E-state index in [0.29, 0.717) is 13.1 Å². The van der Waals surface area contributed by atoms with Crippen LogP contribution in [0.4, 0.5) is 5.69 Å². The van der Waals surface area contributed by atoms with Gasteiger partial charge in [-0.2, -0.15) is 5.10 Å². The van der Waals surface area contributed by atoms with E-state index in [1.54, 1.807) is 0 Å². The lowest BCUT2D eigenvalue weighted by atomic mass is 10.2. The van der Waals surface area contributed by atoms with Crippen LogP contribution in [0.2, 0.25) is 0 Å². The third-order valence-electron chi connectivity index (χ3n) is 3.49. The molecular formula is C16H21BrN4O. The second-order valence-corrected chi connectivity index (χ2v) is 6.21. The summed E-state index contributed by atoms with van der Waals surface area (Å²) >= 11 is 3.37. The lowest BCUT2D eigenvalue weighted by Crippen LogP contribution is -2.30. The summed E-state index contributed by atoms with van der Waals surface area (Å²) in [6, 6.07) is 7.55. The number of carbonyl (C=O) groups excluding carboxylic acids is 1. The molecule has 0 fully saturated rings. The molecule has 1 aromatic carbocycles. The molecule has 118 valence electrons. The second-order valence-electron chi connectivity index (χ2n) is 5.30. The van der Waals surface area contributed by atoms with Gasteiger partial charge in [0.2, 0.25) is 5.91 Å². The summed E-state index contributed by atoms with van der Waals surface area (Å²) in [4.78, 5) is 14.0. The summed E-state index contributed by atoms with van der Waals surface area (Å²) in [7, 11) is 1.93. The molecule has 22 heavy (non-hydrogen) atoms. The largest absolute Gasteiger partial charge is 0.325 e. The van der Waals surface area contributed by atoms with Gasteiger partial charge in [0.05, 0.1) is 12.7 Å². The number of benzene rings is 1. The molecule has 6 heteroatoms. The minimum absolute atomic E-state index is 0.0228. The summed E-state index contributed by atoms with van der Waals surface area (Å²) in [5, 5.41) is 7.22. The van der Waals surface area contributed by atoms with Gasteiger partial charge in [-0.25, -0.2) is 0 Å². The highest BCUT2D eigenvalue weighted by Gasteiger charge is 2.11. The Hall–Kier alpha value is -1.66. The smallest absolute Gasteiger partial charge is 0.238 e. The van der Waals surface area contributed by atoms with Gasteiger partial charge in [0.25, 0.3) is 0 Å². The van der Waals surface area contributed by atoms with Gasteiger partial charge in [0, 0.05) is 34.5 Å². The molecule has 1 heterocycles. The molecule has 0 saturated carbocycles. The average Bonchev–Trinajstić information content (AvgIpc) is 2.82. The minimum atomic E-state index is -0.0228. The third kappa shape index (κ3) is 4.42. The lowest BCUT2D eigenvalue weighted by Gasteiger charge is -2.16. The SMILES string of the molecule is CCn1ncc(CN(C)CC(=O)Nc2ccc(Br)cc2)c1C. The Morgan fingerprint density at radius 3 is 2.64 bits per heavy atom. The lowest BCUT2D eigenvalue weighted by molar-refractivity contribution is -0.117. The Morgan fingerprint density at radius 1 is 1.36 bits per heavy atom. The van der Waals surface area contributed by atoms with Crippen LogP contribution >= 0.6 is 15.9 Å². The highest BCUT2D eigenvalue weighted by Crippen LogP contribution is 2.14. The number of amides is 1. The average molecular weight is 365 g/mol. The van der Waals surface area contributed by atoms with Crippen molar-refractivity contribution in [3.05, 3.63) is 46.2 Å². The fourth-order valence-corrected chi connectivity index (χ4v) is 2.55. The van der Waals surface area contributed by atoms with Crippen LogP contribution in [0.3, 0.4) is 0 Å². The minimum Gasteiger partial charge on any atom is -0.325 e. The van der Waals surface area contributed by atoms with Gasteiger partial charge in [-0.1, -0.05) is 15.9 Å². The number of aryl methyl sites for hydroxylation is 1. The fraction of sp³-hybridized carbons (Fsp3) is 0.375. The van der Waals surface area contributed by atoms with Gasteiger partial charge in [-0.3, -0.25) is 14.4 Å². The third-order valence-corrected chi connectivity index (χ3v) is 4.01. The Labute approximate surface area is 139 Å². The number of likely N-dealkylation sites (N-methyl/N-ethyl adjacent to an activating group) is 1. The Bertz CT molecular complexity index is 636. The van der Waals surface area contributed by atoms with Crippen molar-refractivity contribution in [3.63, 3.8) is 0 Å². The molecule has 0 bridgehead atoms. The summed E-state index contributed by atoms with van der Waals surface area (Å²) < 4.78 is 2.96. The highest BCUT2D eigenvalue weighted by atomic mass is 79.9. The topological polar surface area (TPSA) is 50.2 Å². The Balaban J connectivity index is 1.88. The zero-order valence-electron chi connectivity index (χ0n) is 13.1. The van der Waals surface area contributed by atoms with Crippen LogP contribution in [0.1, 0.15) is 18.2 Å². The van der Waals surface area contributed by atoms with Gasteiger partial charge in [-0.05, 0) is 45.2 Å². The number of anilines is 1. The van der Waals surface area contributed by atoms with Crippen molar-refractivity contribution in [1.82, 2.24) is 14.7 Å². The maximum atomic E-state index is 12.1. The first-order chi connectivity index (χ1) is 10.5. The van der Waals surface area contributed by atoms with E-state index < -0.39 is 0 Å². The van der Waals surface area contributed by atoms with Crippen LogP contribution in [-0.2, 0) is 17.9 Å². The van der Waals surface area contributed by atoms with Crippen molar-refractivity contribution in [3.8, 4) is 0 Å². The number of nitrogens with zero attached hydrogens (tertiary/aromatic N) is 3. The van der Waals surface area contributed by atoms with Crippen molar-refractivity contribution in [1.29, 1.82) is 0 Å². The van der Waals surface area contributed by atoms with E-state index in [1.165, 1.54) is 0 Å². The van der Waals surface area contributed by atoms with Gasteiger partial charge >= 0.3 is 0 Å². The first kappa shape index (κ1) is 16.7. The molecule has 0 aliphatic rings. The van der Waals surface area contributed by atoms with Crippen molar-refractivity contribution in [2.75, 3.05) is 18.9 Å². The van der Waals surface area contributed by atoms with Crippen LogP contribution < -0.4 is 5.32 Å². The Morgan fingerprint density at radius 2 is 2.05 bits per heavy atom.